The number of nitrogens with zero attached hydrogens (tertiary/aromatic N) is 1. The van der Waals surface area contributed by atoms with Gasteiger partial charge >= 0.3 is 12.0 Å². The van der Waals surface area contributed by atoms with Gasteiger partial charge in [-0.05, 0) is 51.3 Å². The van der Waals surface area contributed by atoms with E-state index in [1.165, 1.54) is 0 Å². The normalized spacial score (nSPS) is 16.8. The standard InChI is InChI=1S/C19H28N2O4/c1-4-24-16-9-7-15(8-10-16)17-6-5-13-21(17)19(23)20-12-11-18(22)25-14(2)3/h7-10,14,17H,4-6,11-13H2,1-3H3,(H,20,23). The molecule has 1 aromatic carbocycles. The zero-order valence-electron chi connectivity index (χ0n) is 15.3. The van der Waals surface area contributed by atoms with Crippen molar-refractivity contribution in [1.82, 2.24) is 10.2 Å². The molecule has 1 N–H and O–H groups in total. The summed E-state index contributed by atoms with van der Waals surface area (Å²) < 4.78 is 10.5. The van der Waals surface area contributed by atoms with Crippen molar-refractivity contribution in [3.8, 4) is 5.75 Å². The fraction of sp³-hybridized carbons (Fsp3) is 0.579. The van der Waals surface area contributed by atoms with E-state index < -0.39 is 0 Å². The van der Waals surface area contributed by atoms with Gasteiger partial charge in [0.15, 0.2) is 0 Å². The molecule has 1 atom stereocenters. The van der Waals surface area contributed by atoms with E-state index in [4.69, 9.17) is 9.47 Å². The number of rotatable bonds is 7. The van der Waals surface area contributed by atoms with Crippen LogP contribution in [0, 0.1) is 0 Å². The highest BCUT2D eigenvalue weighted by Crippen LogP contribution is 2.32. The molecule has 1 aliphatic rings. The van der Waals surface area contributed by atoms with E-state index in [9.17, 15) is 9.59 Å². The van der Waals surface area contributed by atoms with E-state index in [1.807, 2.05) is 49.9 Å². The number of hydrogen-bond donors (Lipinski definition) is 1. The van der Waals surface area contributed by atoms with Crippen molar-refractivity contribution in [2.24, 2.45) is 0 Å². The Bertz CT molecular complexity index is 571. The second kappa shape index (κ2) is 9.30. The largest absolute Gasteiger partial charge is 0.494 e. The summed E-state index contributed by atoms with van der Waals surface area (Å²) in [5.74, 6) is 0.545. The summed E-state index contributed by atoms with van der Waals surface area (Å²) in [5, 5.41) is 2.82. The van der Waals surface area contributed by atoms with Crippen molar-refractivity contribution in [3.05, 3.63) is 29.8 Å². The average molecular weight is 348 g/mol. The molecule has 0 aromatic heterocycles. The molecule has 138 valence electrons. The smallest absolute Gasteiger partial charge is 0.317 e. The minimum atomic E-state index is -0.292. The molecule has 25 heavy (non-hydrogen) atoms. The lowest BCUT2D eigenvalue weighted by Crippen LogP contribution is -2.40. The van der Waals surface area contributed by atoms with E-state index in [-0.39, 0.29) is 37.1 Å². The molecular weight excluding hydrogens is 320 g/mol. The summed E-state index contributed by atoms with van der Waals surface area (Å²) in [4.78, 5) is 25.8. The van der Waals surface area contributed by atoms with Crippen molar-refractivity contribution in [1.29, 1.82) is 0 Å². The number of nitrogens with one attached hydrogen (secondary N) is 1. The Morgan fingerprint density at radius 1 is 1.28 bits per heavy atom. The Balaban J connectivity index is 1.87. The zero-order valence-corrected chi connectivity index (χ0v) is 15.3. The van der Waals surface area contributed by atoms with Gasteiger partial charge in [0, 0.05) is 13.1 Å². The molecule has 2 rings (SSSR count). The van der Waals surface area contributed by atoms with Crippen LogP contribution in [0.2, 0.25) is 0 Å². The first-order valence-corrected chi connectivity index (χ1v) is 8.98. The van der Waals surface area contributed by atoms with E-state index in [0.29, 0.717) is 6.61 Å². The molecule has 1 aromatic rings. The lowest BCUT2D eigenvalue weighted by molar-refractivity contribution is -0.147. The van der Waals surface area contributed by atoms with Gasteiger partial charge in [0.2, 0.25) is 0 Å². The van der Waals surface area contributed by atoms with Crippen LogP contribution in [-0.4, -0.2) is 42.7 Å². The highest BCUT2D eigenvalue weighted by molar-refractivity contribution is 5.76. The van der Waals surface area contributed by atoms with Crippen LogP contribution >= 0.6 is 0 Å². The number of amides is 2. The van der Waals surface area contributed by atoms with Crippen LogP contribution in [-0.2, 0) is 9.53 Å². The van der Waals surface area contributed by atoms with E-state index in [1.54, 1.807) is 0 Å². The minimum Gasteiger partial charge on any atom is -0.494 e. The number of likely N-dealkylation sites (tertiary alicyclic amines) is 1. The number of hydrogen-bond acceptors (Lipinski definition) is 4. The van der Waals surface area contributed by atoms with Crippen molar-refractivity contribution in [2.75, 3.05) is 19.7 Å². The molecule has 1 saturated heterocycles. The number of urea groups is 1. The summed E-state index contributed by atoms with van der Waals surface area (Å²) in [6.07, 6.45) is 1.97. The fourth-order valence-electron chi connectivity index (χ4n) is 3.00. The Morgan fingerprint density at radius 2 is 2.00 bits per heavy atom. The average Bonchev–Trinajstić information content (AvgIpc) is 3.05. The van der Waals surface area contributed by atoms with Crippen LogP contribution in [0.1, 0.15) is 51.6 Å². The topological polar surface area (TPSA) is 67.9 Å². The van der Waals surface area contributed by atoms with E-state index >= 15 is 0 Å². The van der Waals surface area contributed by atoms with Gasteiger partial charge in [0.25, 0.3) is 0 Å². The molecule has 0 saturated carbocycles. The van der Waals surface area contributed by atoms with E-state index in [2.05, 4.69) is 5.32 Å². The van der Waals surface area contributed by atoms with Crippen LogP contribution < -0.4 is 10.1 Å². The summed E-state index contributed by atoms with van der Waals surface area (Å²) in [5.41, 5.74) is 1.11. The molecule has 6 nitrogen and oxygen atoms in total. The SMILES string of the molecule is CCOc1ccc(C2CCCN2C(=O)NCCC(=O)OC(C)C)cc1. The summed E-state index contributed by atoms with van der Waals surface area (Å²) in [6, 6.07) is 7.85. The molecule has 2 amide bonds. The molecule has 0 radical (unpaired) electrons. The van der Waals surface area contributed by atoms with Gasteiger partial charge in [-0.15, -0.1) is 0 Å². The number of esters is 1. The van der Waals surface area contributed by atoms with Gasteiger partial charge in [-0.25, -0.2) is 4.79 Å². The molecule has 1 unspecified atom stereocenters. The molecule has 1 heterocycles. The maximum Gasteiger partial charge on any atom is 0.317 e. The minimum absolute atomic E-state index is 0.0679. The van der Waals surface area contributed by atoms with Gasteiger partial charge in [-0.1, -0.05) is 12.1 Å². The molecule has 0 spiro atoms. The predicted molar refractivity (Wildman–Crippen MR) is 95.5 cm³/mol. The first-order chi connectivity index (χ1) is 12.0. The molecular formula is C19H28N2O4. The monoisotopic (exact) mass is 348 g/mol. The van der Waals surface area contributed by atoms with Gasteiger partial charge < -0.3 is 19.7 Å². The lowest BCUT2D eigenvalue weighted by atomic mass is 10.0. The number of ether oxygens (including phenoxy) is 2. The maximum absolute atomic E-state index is 12.4. The van der Waals surface area contributed by atoms with Gasteiger partial charge in [0.05, 0.1) is 25.2 Å². The van der Waals surface area contributed by atoms with E-state index in [0.717, 1.165) is 30.7 Å². The Hall–Kier alpha value is -2.24. The Labute approximate surface area is 149 Å². The van der Waals surface area contributed by atoms with Gasteiger partial charge in [-0.3, -0.25) is 4.79 Å². The van der Waals surface area contributed by atoms with Crippen molar-refractivity contribution in [3.63, 3.8) is 0 Å². The third kappa shape index (κ3) is 5.66. The Kier molecular flexibility index (Phi) is 7.10. The third-order valence-corrected chi connectivity index (χ3v) is 4.06. The summed E-state index contributed by atoms with van der Waals surface area (Å²) in [7, 11) is 0. The number of carbonyl (C=O) groups is 2. The molecule has 1 fully saturated rings. The van der Waals surface area contributed by atoms with Crippen molar-refractivity contribution >= 4 is 12.0 Å². The number of benzene rings is 1. The summed E-state index contributed by atoms with van der Waals surface area (Å²) >= 11 is 0. The molecule has 0 bridgehead atoms. The third-order valence-electron chi connectivity index (χ3n) is 4.06. The lowest BCUT2D eigenvalue weighted by Gasteiger charge is -2.25. The molecule has 6 heteroatoms. The molecule has 1 aliphatic heterocycles. The fourth-order valence-corrected chi connectivity index (χ4v) is 3.00. The first-order valence-electron chi connectivity index (χ1n) is 8.98. The van der Waals surface area contributed by atoms with Crippen molar-refractivity contribution < 1.29 is 19.1 Å². The second-order valence-corrected chi connectivity index (χ2v) is 6.37. The Morgan fingerprint density at radius 3 is 2.64 bits per heavy atom. The van der Waals surface area contributed by atoms with Gasteiger partial charge in [0.1, 0.15) is 5.75 Å². The molecule has 0 aliphatic carbocycles. The first kappa shape index (κ1) is 19.1. The highest BCUT2D eigenvalue weighted by atomic mass is 16.5. The van der Waals surface area contributed by atoms with Crippen LogP contribution in [0.15, 0.2) is 24.3 Å². The van der Waals surface area contributed by atoms with Crippen LogP contribution in [0.25, 0.3) is 0 Å². The predicted octanol–water partition coefficient (Wildman–Crippen LogP) is 3.27. The van der Waals surface area contributed by atoms with Crippen molar-refractivity contribution in [2.45, 2.75) is 52.2 Å². The highest BCUT2D eigenvalue weighted by Gasteiger charge is 2.29. The van der Waals surface area contributed by atoms with Crippen LogP contribution in [0.3, 0.4) is 0 Å². The van der Waals surface area contributed by atoms with Gasteiger partial charge in [-0.2, -0.15) is 0 Å². The quantitative estimate of drug-likeness (QED) is 0.768. The maximum atomic E-state index is 12.4. The second-order valence-electron chi connectivity index (χ2n) is 6.37. The number of carbonyl (C=O) groups excluding carboxylic acids is 2. The summed E-state index contributed by atoms with van der Waals surface area (Å²) in [6.45, 7) is 7.21. The van der Waals surface area contributed by atoms with Crippen LogP contribution in [0.4, 0.5) is 4.79 Å². The zero-order chi connectivity index (χ0) is 18.2. The van der Waals surface area contributed by atoms with Crippen LogP contribution in [0.5, 0.6) is 5.75 Å².